The summed E-state index contributed by atoms with van der Waals surface area (Å²) in [5.41, 5.74) is 2.04. The van der Waals surface area contributed by atoms with Gasteiger partial charge in [0, 0.05) is 11.1 Å². The molecule has 1 amide bonds. The third kappa shape index (κ3) is 3.42. The molecule has 8 heteroatoms. The summed E-state index contributed by atoms with van der Waals surface area (Å²) < 4.78 is 32.6. The van der Waals surface area contributed by atoms with E-state index in [4.69, 9.17) is 4.74 Å². The number of hydrogen-bond acceptors (Lipinski definition) is 5. The van der Waals surface area contributed by atoms with Gasteiger partial charge in [0.15, 0.2) is 0 Å². The summed E-state index contributed by atoms with van der Waals surface area (Å²) >= 11 is 0. The van der Waals surface area contributed by atoms with Gasteiger partial charge in [0.2, 0.25) is 5.91 Å². The standard InChI is InChI=1S/C23H22N2O5S/c1-4-30-23(27)17-11-12-18(14(2)13-17)24-22(26)15(3)25-19-9-5-7-16-8-6-10-20(21(16)19)31(25,28)29/h5-13,15H,4H2,1-3H3,(H,24,26)/t15-/m1/s1. The molecule has 1 atom stereocenters. The number of carbonyl (C=O) groups excluding carboxylic acids is 2. The summed E-state index contributed by atoms with van der Waals surface area (Å²) in [4.78, 5) is 25.1. The average molecular weight is 439 g/mol. The molecule has 160 valence electrons. The van der Waals surface area contributed by atoms with Gasteiger partial charge >= 0.3 is 5.97 Å². The maximum Gasteiger partial charge on any atom is 0.338 e. The number of carbonyl (C=O) groups is 2. The number of esters is 1. The molecule has 7 nitrogen and oxygen atoms in total. The highest BCUT2D eigenvalue weighted by Crippen LogP contribution is 2.43. The number of rotatable bonds is 5. The fourth-order valence-corrected chi connectivity index (χ4v) is 5.69. The summed E-state index contributed by atoms with van der Waals surface area (Å²) in [6.45, 7) is 5.31. The Balaban J connectivity index is 1.63. The van der Waals surface area contributed by atoms with Crippen molar-refractivity contribution in [1.82, 2.24) is 0 Å². The number of ether oxygens (including phenoxy) is 1. The lowest BCUT2D eigenvalue weighted by molar-refractivity contribution is -0.116. The van der Waals surface area contributed by atoms with E-state index in [1.54, 1.807) is 63.2 Å². The van der Waals surface area contributed by atoms with E-state index in [1.807, 2.05) is 12.1 Å². The van der Waals surface area contributed by atoms with Gasteiger partial charge in [-0.1, -0.05) is 24.3 Å². The molecule has 4 rings (SSSR count). The van der Waals surface area contributed by atoms with Crippen LogP contribution in [0, 0.1) is 6.92 Å². The van der Waals surface area contributed by atoms with Crippen molar-refractivity contribution in [3.63, 3.8) is 0 Å². The lowest BCUT2D eigenvalue weighted by Gasteiger charge is -2.25. The van der Waals surface area contributed by atoms with E-state index in [-0.39, 0.29) is 11.5 Å². The zero-order chi connectivity index (χ0) is 22.3. The van der Waals surface area contributed by atoms with Crippen molar-refractivity contribution < 1.29 is 22.7 Å². The first-order valence-electron chi connectivity index (χ1n) is 9.90. The monoisotopic (exact) mass is 438 g/mol. The van der Waals surface area contributed by atoms with Crippen molar-refractivity contribution in [3.8, 4) is 0 Å². The molecule has 3 aromatic carbocycles. The number of anilines is 2. The van der Waals surface area contributed by atoms with E-state index >= 15 is 0 Å². The van der Waals surface area contributed by atoms with E-state index in [0.717, 1.165) is 5.39 Å². The zero-order valence-electron chi connectivity index (χ0n) is 17.4. The molecule has 0 saturated heterocycles. The molecule has 0 fully saturated rings. The lowest BCUT2D eigenvalue weighted by Crippen LogP contribution is -2.44. The second-order valence-electron chi connectivity index (χ2n) is 7.35. The number of amides is 1. The number of nitrogens with one attached hydrogen (secondary N) is 1. The molecular weight excluding hydrogens is 416 g/mol. The van der Waals surface area contributed by atoms with Crippen molar-refractivity contribution in [2.24, 2.45) is 0 Å². The van der Waals surface area contributed by atoms with Gasteiger partial charge in [-0.15, -0.1) is 0 Å². The molecule has 1 aliphatic heterocycles. The largest absolute Gasteiger partial charge is 0.462 e. The van der Waals surface area contributed by atoms with Crippen LogP contribution in [0.2, 0.25) is 0 Å². The third-order valence-electron chi connectivity index (χ3n) is 5.35. The Morgan fingerprint density at radius 1 is 1.10 bits per heavy atom. The maximum absolute atomic E-state index is 13.2. The highest BCUT2D eigenvalue weighted by atomic mass is 32.2. The van der Waals surface area contributed by atoms with Crippen LogP contribution in [-0.4, -0.2) is 32.9 Å². The summed E-state index contributed by atoms with van der Waals surface area (Å²) in [6, 6.07) is 14.3. The molecule has 0 aromatic heterocycles. The number of benzene rings is 3. The topological polar surface area (TPSA) is 92.8 Å². The minimum Gasteiger partial charge on any atom is -0.462 e. The van der Waals surface area contributed by atoms with Crippen LogP contribution in [0.4, 0.5) is 11.4 Å². The summed E-state index contributed by atoms with van der Waals surface area (Å²) in [5.74, 6) is -0.911. The molecule has 0 spiro atoms. The van der Waals surface area contributed by atoms with Gasteiger partial charge in [0.1, 0.15) is 6.04 Å². The van der Waals surface area contributed by atoms with Crippen LogP contribution in [0.3, 0.4) is 0 Å². The minimum absolute atomic E-state index is 0.204. The Kier molecular flexibility index (Phi) is 5.18. The normalized spacial score (nSPS) is 15.0. The molecule has 0 bridgehead atoms. The summed E-state index contributed by atoms with van der Waals surface area (Å²) in [6.07, 6.45) is 0. The molecular formula is C23H22N2O5S. The highest BCUT2D eigenvalue weighted by molar-refractivity contribution is 7.93. The van der Waals surface area contributed by atoms with Gasteiger partial charge in [-0.3, -0.25) is 9.10 Å². The Hall–Kier alpha value is -3.39. The lowest BCUT2D eigenvalue weighted by atomic mass is 10.1. The van der Waals surface area contributed by atoms with Crippen LogP contribution >= 0.6 is 0 Å². The number of sulfonamides is 1. The number of hydrogen-bond donors (Lipinski definition) is 1. The smallest absolute Gasteiger partial charge is 0.338 e. The van der Waals surface area contributed by atoms with Crippen molar-refractivity contribution in [2.75, 3.05) is 16.2 Å². The third-order valence-corrected chi connectivity index (χ3v) is 7.27. The second kappa shape index (κ2) is 7.70. The second-order valence-corrected chi connectivity index (χ2v) is 9.13. The Labute approximate surface area is 180 Å². The van der Waals surface area contributed by atoms with Crippen molar-refractivity contribution in [3.05, 3.63) is 65.7 Å². The van der Waals surface area contributed by atoms with E-state index in [9.17, 15) is 18.0 Å². The van der Waals surface area contributed by atoms with Crippen LogP contribution in [0.25, 0.3) is 10.8 Å². The fraction of sp³-hybridized carbons (Fsp3) is 0.217. The van der Waals surface area contributed by atoms with Gasteiger partial charge in [-0.05, 0) is 62.1 Å². The number of nitrogens with zero attached hydrogens (tertiary/aromatic N) is 1. The molecule has 0 saturated carbocycles. The molecule has 1 aliphatic rings. The van der Waals surface area contributed by atoms with Crippen molar-refractivity contribution in [2.45, 2.75) is 31.7 Å². The highest BCUT2D eigenvalue weighted by Gasteiger charge is 2.40. The van der Waals surface area contributed by atoms with Crippen molar-refractivity contribution >= 4 is 44.0 Å². The predicted octanol–water partition coefficient (Wildman–Crippen LogP) is 3.86. The molecule has 1 heterocycles. The van der Waals surface area contributed by atoms with Gasteiger partial charge in [0.05, 0.1) is 22.8 Å². The van der Waals surface area contributed by atoms with E-state index in [1.165, 1.54) is 4.31 Å². The molecule has 31 heavy (non-hydrogen) atoms. The molecule has 0 aliphatic carbocycles. The summed E-state index contributed by atoms with van der Waals surface area (Å²) in [5, 5.41) is 4.21. The molecule has 3 aromatic rings. The van der Waals surface area contributed by atoms with Crippen LogP contribution < -0.4 is 9.62 Å². The van der Waals surface area contributed by atoms with E-state index in [2.05, 4.69) is 5.32 Å². The Morgan fingerprint density at radius 3 is 2.48 bits per heavy atom. The van der Waals surface area contributed by atoms with Crippen LogP contribution in [0.15, 0.2) is 59.5 Å². The first-order valence-corrected chi connectivity index (χ1v) is 11.3. The van der Waals surface area contributed by atoms with Gasteiger partial charge < -0.3 is 10.1 Å². The van der Waals surface area contributed by atoms with E-state index < -0.39 is 27.9 Å². The summed E-state index contributed by atoms with van der Waals surface area (Å²) in [7, 11) is -3.86. The molecule has 0 unspecified atom stereocenters. The number of aryl methyl sites for hydroxylation is 1. The van der Waals surface area contributed by atoms with Gasteiger partial charge in [0.25, 0.3) is 10.0 Å². The van der Waals surface area contributed by atoms with Crippen molar-refractivity contribution in [1.29, 1.82) is 0 Å². The van der Waals surface area contributed by atoms with Gasteiger partial charge in [-0.25, -0.2) is 13.2 Å². The zero-order valence-corrected chi connectivity index (χ0v) is 18.2. The maximum atomic E-state index is 13.2. The van der Waals surface area contributed by atoms with Crippen LogP contribution in [0.5, 0.6) is 0 Å². The first kappa shape index (κ1) is 20.9. The van der Waals surface area contributed by atoms with Gasteiger partial charge in [-0.2, -0.15) is 0 Å². The molecule has 1 N–H and O–H groups in total. The fourth-order valence-electron chi connectivity index (χ4n) is 3.83. The quantitative estimate of drug-likeness (QED) is 0.611. The molecule has 0 radical (unpaired) electrons. The van der Waals surface area contributed by atoms with Crippen LogP contribution in [0.1, 0.15) is 29.8 Å². The predicted molar refractivity (Wildman–Crippen MR) is 119 cm³/mol. The Morgan fingerprint density at radius 2 is 1.81 bits per heavy atom. The SMILES string of the molecule is CCOC(=O)c1ccc(NC(=O)[C@@H](C)N2c3cccc4cccc(c34)S2(=O)=O)c(C)c1. The first-order chi connectivity index (χ1) is 14.8. The van der Waals surface area contributed by atoms with E-state index in [0.29, 0.717) is 27.9 Å². The average Bonchev–Trinajstić information content (AvgIpc) is 2.97. The Bertz CT molecular complexity index is 1310. The van der Waals surface area contributed by atoms with Crippen LogP contribution in [-0.2, 0) is 19.6 Å². The minimum atomic E-state index is -3.86.